The van der Waals surface area contributed by atoms with Gasteiger partial charge in [-0.05, 0) is 43.0 Å². The number of nitrogens with zero attached hydrogens (tertiary/aromatic N) is 1. The van der Waals surface area contributed by atoms with Gasteiger partial charge in [-0.2, -0.15) is 0 Å². The minimum absolute atomic E-state index is 0.0111. The molecule has 0 spiro atoms. The number of carbonyl (C=O) groups excluding carboxylic acids is 2. The molecule has 148 valence electrons. The molecule has 0 aromatic heterocycles. The van der Waals surface area contributed by atoms with E-state index in [1.54, 1.807) is 24.0 Å². The lowest BCUT2D eigenvalue weighted by Gasteiger charge is -2.38. The molecule has 3 rings (SSSR count). The van der Waals surface area contributed by atoms with E-state index in [1.807, 2.05) is 37.3 Å². The predicted octanol–water partition coefficient (Wildman–Crippen LogP) is 4.08. The molecule has 2 aromatic rings. The molecular formula is C22H26FN3O2. The van der Waals surface area contributed by atoms with Gasteiger partial charge in [-0.25, -0.2) is 9.18 Å². The van der Waals surface area contributed by atoms with Crippen LogP contribution in [0.1, 0.15) is 30.9 Å². The van der Waals surface area contributed by atoms with Crippen molar-refractivity contribution in [3.8, 4) is 0 Å². The summed E-state index contributed by atoms with van der Waals surface area (Å²) in [6.45, 7) is 5.08. The van der Waals surface area contributed by atoms with Gasteiger partial charge in [0.25, 0.3) is 0 Å². The van der Waals surface area contributed by atoms with Crippen LogP contribution < -0.4 is 10.6 Å². The van der Waals surface area contributed by atoms with E-state index in [-0.39, 0.29) is 17.8 Å². The predicted molar refractivity (Wildman–Crippen MR) is 107 cm³/mol. The molecule has 2 aromatic carbocycles. The average molecular weight is 383 g/mol. The van der Waals surface area contributed by atoms with E-state index in [4.69, 9.17) is 0 Å². The van der Waals surface area contributed by atoms with E-state index in [1.165, 1.54) is 6.07 Å². The van der Waals surface area contributed by atoms with Gasteiger partial charge in [0.15, 0.2) is 0 Å². The van der Waals surface area contributed by atoms with Crippen molar-refractivity contribution >= 4 is 17.6 Å². The van der Waals surface area contributed by atoms with Crippen LogP contribution in [0.4, 0.5) is 14.9 Å². The third-order valence-electron chi connectivity index (χ3n) is 5.42. The smallest absolute Gasteiger partial charge is 0.321 e. The molecule has 5 nitrogen and oxygen atoms in total. The lowest BCUT2D eigenvalue weighted by molar-refractivity contribution is -0.132. The molecule has 1 heterocycles. The standard InChI is InChI=1S/C22H26FN3O2/c1-16-8-9-18(14-19(16)23)25-21(28)26-12-10-22(2,11-13-26)20(27)24-15-17-6-4-3-5-7-17/h3-9,14H,10-13,15H2,1-2H3,(H,24,27)(H,25,28). The van der Waals surface area contributed by atoms with Gasteiger partial charge in [0.2, 0.25) is 5.91 Å². The van der Waals surface area contributed by atoms with Gasteiger partial charge >= 0.3 is 6.03 Å². The maximum Gasteiger partial charge on any atom is 0.321 e. The number of urea groups is 1. The first-order valence-electron chi connectivity index (χ1n) is 9.52. The van der Waals surface area contributed by atoms with Crippen LogP contribution in [0.3, 0.4) is 0 Å². The van der Waals surface area contributed by atoms with Crippen molar-refractivity contribution in [3.05, 3.63) is 65.5 Å². The molecule has 1 aliphatic rings. The highest BCUT2D eigenvalue weighted by atomic mass is 19.1. The van der Waals surface area contributed by atoms with E-state index in [0.29, 0.717) is 43.7 Å². The highest BCUT2D eigenvalue weighted by Crippen LogP contribution is 2.31. The molecule has 0 radical (unpaired) electrons. The number of anilines is 1. The zero-order valence-corrected chi connectivity index (χ0v) is 16.3. The molecule has 0 saturated carbocycles. The molecule has 28 heavy (non-hydrogen) atoms. The summed E-state index contributed by atoms with van der Waals surface area (Å²) in [4.78, 5) is 26.8. The number of carbonyl (C=O) groups is 2. The van der Waals surface area contributed by atoms with E-state index < -0.39 is 5.41 Å². The first kappa shape index (κ1) is 19.9. The van der Waals surface area contributed by atoms with Gasteiger partial charge in [-0.1, -0.05) is 43.3 Å². The number of halogens is 1. The molecule has 1 aliphatic heterocycles. The number of amides is 3. The fourth-order valence-electron chi connectivity index (χ4n) is 3.30. The first-order valence-corrected chi connectivity index (χ1v) is 9.52. The Morgan fingerprint density at radius 2 is 1.79 bits per heavy atom. The molecule has 0 aliphatic carbocycles. The summed E-state index contributed by atoms with van der Waals surface area (Å²) < 4.78 is 13.6. The highest BCUT2D eigenvalue weighted by molar-refractivity contribution is 5.90. The molecular weight excluding hydrogens is 357 g/mol. The average Bonchev–Trinajstić information content (AvgIpc) is 2.70. The van der Waals surface area contributed by atoms with E-state index in [0.717, 1.165) is 5.56 Å². The number of rotatable bonds is 4. The van der Waals surface area contributed by atoms with E-state index in [9.17, 15) is 14.0 Å². The van der Waals surface area contributed by atoms with Crippen molar-refractivity contribution in [1.82, 2.24) is 10.2 Å². The van der Waals surface area contributed by atoms with E-state index in [2.05, 4.69) is 10.6 Å². The van der Waals surface area contributed by atoms with Crippen molar-refractivity contribution in [1.29, 1.82) is 0 Å². The Balaban J connectivity index is 1.51. The lowest BCUT2D eigenvalue weighted by Crippen LogP contribution is -2.49. The maximum absolute atomic E-state index is 13.6. The molecule has 0 unspecified atom stereocenters. The maximum atomic E-state index is 13.6. The van der Waals surface area contributed by atoms with Crippen molar-refractivity contribution in [2.45, 2.75) is 33.2 Å². The monoisotopic (exact) mass is 383 g/mol. The Morgan fingerprint density at radius 1 is 1.11 bits per heavy atom. The fourth-order valence-corrected chi connectivity index (χ4v) is 3.30. The van der Waals surface area contributed by atoms with Crippen molar-refractivity contribution < 1.29 is 14.0 Å². The van der Waals surface area contributed by atoms with Gasteiger partial charge in [-0.15, -0.1) is 0 Å². The Kier molecular flexibility index (Phi) is 5.97. The summed E-state index contributed by atoms with van der Waals surface area (Å²) in [5.74, 6) is -0.337. The number of aryl methyl sites for hydroxylation is 1. The second-order valence-electron chi connectivity index (χ2n) is 7.61. The third-order valence-corrected chi connectivity index (χ3v) is 5.42. The Bertz CT molecular complexity index is 846. The second kappa shape index (κ2) is 8.42. The lowest BCUT2D eigenvalue weighted by atomic mass is 9.79. The van der Waals surface area contributed by atoms with Crippen LogP contribution in [0.15, 0.2) is 48.5 Å². The quantitative estimate of drug-likeness (QED) is 0.836. The molecule has 1 saturated heterocycles. The molecule has 6 heteroatoms. The van der Waals surface area contributed by atoms with Crippen LogP contribution in [-0.4, -0.2) is 29.9 Å². The van der Waals surface area contributed by atoms with Gasteiger partial charge in [0.05, 0.1) is 0 Å². The largest absolute Gasteiger partial charge is 0.352 e. The van der Waals surface area contributed by atoms with Crippen molar-refractivity contribution in [3.63, 3.8) is 0 Å². The summed E-state index contributed by atoms with van der Waals surface area (Å²) in [7, 11) is 0. The fraction of sp³-hybridized carbons (Fsp3) is 0.364. The number of benzene rings is 2. The van der Waals surface area contributed by atoms with Crippen LogP contribution in [-0.2, 0) is 11.3 Å². The number of hydrogen-bond donors (Lipinski definition) is 2. The topological polar surface area (TPSA) is 61.4 Å². The molecule has 3 amide bonds. The minimum Gasteiger partial charge on any atom is -0.352 e. The Morgan fingerprint density at radius 3 is 2.43 bits per heavy atom. The van der Waals surface area contributed by atoms with Crippen LogP contribution in [0.5, 0.6) is 0 Å². The number of nitrogens with one attached hydrogen (secondary N) is 2. The van der Waals surface area contributed by atoms with Crippen LogP contribution in [0.25, 0.3) is 0 Å². The highest BCUT2D eigenvalue weighted by Gasteiger charge is 2.37. The summed E-state index contributed by atoms with van der Waals surface area (Å²) in [6, 6.07) is 14.1. The van der Waals surface area contributed by atoms with Crippen molar-refractivity contribution in [2.75, 3.05) is 18.4 Å². The summed E-state index contributed by atoms with van der Waals surface area (Å²) in [5.41, 5.74) is 1.53. The third kappa shape index (κ3) is 4.68. The summed E-state index contributed by atoms with van der Waals surface area (Å²) >= 11 is 0. The molecule has 1 fully saturated rings. The van der Waals surface area contributed by atoms with Gasteiger partial charge in [0, 0.05) is 30.7 Å². The SMILES string of the molecule is Cc1ccc(NC(=O)N2CCC(C)(C(=O)NCc3ccccc3)CC2)cc1F. The Labute approximate surface area is 164 Å². The van der Waals surface area contributed by atoms with Crippen LogP contribution in [0, 0.1) is 18.2 Å². The van der Waals surface area contributed by atoms with Crippen LogP contribution >= 0.6 is 0 Å². The molecule has 0 bridgehead atoms. The minimum atomic E-state index is -0.498. The molecule has 0 atom stereocenters. The normalized spacial score (nSPS) is 15.8. The molecule has 2 N–H and O–H groups in total. The number of likely N-dealkylation sites (tertiary alicyclic amines) is 1. The Hall–Kier alpha value is -2.89. The van der Waals surface area contributed by atoms with Crippen LogP contribution in [0.2, 0.25) is 0 Å². The van der Waals surface area contributed by atoms with Gasteiger partial charge in [-0.3, -0.25) is 4.79 Å². The zero-order chi connectivity index (χ0) is 20.1. The summed E-state index contributed by atoms with van der Waals surface area (Å²) in [6.07, 6.45) is 1.17. The van der Waals surface area contributed by atoms with Gasteiger partial charge < -0.3 is 15.5 Å². The van der Waals surface area contributed by atoms with Crippen molar-refractivity contribution in [2.24, 2.45) is 5.41 Å². The number of hydrogen-bond acceptors (Lipinski definition) is 2. The van der Waals surface area contributed by atoms with Gasteiger partial charge in [0.1, 0.15) is 5.82 Å². The number of piperidine rings is 1. The second-order valence-corrected chi connectivity index (χ2v) is 7.61. The summed E-state index contributed by atoms with van der Waals surface area (Å²) in [5, 5.41) is 5.73. The van der Waals surface area contributed by atoms with E-state index >= 15 is 0 Å². The first-order chi connectivity index (χ1) is 13.4. The zero-order valence-electron chi connectivity index (χ0n) is 16.3.